The highest BCUT2D eigenvalue weighted by molar-refractivity contribution is 6.08. The van der Waals surface area contributed by atoms with Crippen LogP contribution in [0.5, 0.6) is 0 Å². The van der Waals surface area contributed by atoms with Gasteiger partial charge in [0.15, 0.2) is 0 Å². The number of hydrogen-bond donors (Lipinski definition) is 4. The second-order valence-electron chi connectivity index (χ2n) is 7.95. The Morgan fingerprint density at radius 2 is 1.66 bits per heavy atom. The van der Waals surface area contributed by atoms with Crippen LogP contribution in [0, 0.1) is 0 Å². The standard InChI is InChI=1S/C25H25N3O4/c29-23(28-22(25(31)32)14-16-8-2-1-3-9-16)18-11-5-7-13-20(18)27-24(30)21-15-17-10-4-6-12-19(17)26-21/h1-3,5,7-9,11,13,15,22,26H,4,6,10,12,14H2,(H,27,30)(H,28,29)(H,31,32). The quantitative estimate of drug-likeness (QED) is 0.458. The molecule has 1 aromatic heterocycles. The van der Waals surface area contributed by atoms with Crippen molar-refractivity contribution in [3.8, 4) is 0 Å². The minimum absolute atomic E-state index is 0.157. The van der Waals surface area contributed by atoms with E-state index in [0.717, 1.165) is 42.5 Å². The lowest BCUT2D eigenvalue weighted by Gasteiger charge is -2.16. The molecule has 7 heteroatoms. The molecule has 0 spiro atoms. The minimum atomic E-state index is -1.12. The molecule has 164 valence electrons. The lowest BCUT2D eigenvalue weighted by atomic mass is 9.98. The van der Waals surface area contributed by atoms with Crippen LogP contribution in [0.4, 0.5) is 5.69 Å². The van der Waals surface area contributed by atoms with Crippen molar-refractivity contribution in [3.05, 3.63) is 88.7 Å². The first-order valence-electron chi connectivity index (χ1n) is 10.7. The summed E-state index contributed by atoms with van der Waals surface area (Å²) >= 11 is 0. The van der Waals surface area contributed by atoms with Gasteiger partial charge >= 0.3 is 5.97 Å². The van der Waals surface area contributed by atoms with E-state index in [0.29, 0.717) is 11.4 Å². The summed E-state index contributed by atoms with van der Waals surface area (Å²) in [4.78, 5) is 40.6. The Balaban J connectivity index is 1.49. The number of aliphatic carboxylic acids is 1. The first-order chi connectivity index (χ1) is 15.5. The molecule has 2 aromatic carbocycles. The van der Waals surface area contributed by atoms with E-state index >= 15 is 0 Å². The SMILES string of the molecule is O=C(Nc1ccccc1C(=O)NC(Cc1ccccc1)C(=O)O)c1cc2c([nH]1)CCCC2. The predicted octanol–water partition coefficient (Wildman–Crippen LogP) is 3.57. The highest BCUT2D eigenvalue weighted by Gasteiger charge is 2.23. The monoisotopic (exact) mass is 431 g/mol. The largest absolute Gasteiger partial charge is 0.480 e. The van der Waals surface area contributed by atoms with Crippen molar-refractivity contribution in [2.45, 2.75) is 38.1 Å². The van der Waals surface area contributed by atoms with Gasteiger partial charge in [0.25, 0.3) is 11.8 Å². The fourth-order valence-electron chi connectivity index (χ4n) is 3.99. The van der Waals surface area contributed by atoms with Crippen LogP contribution in [0.1, 0.15) is 50.5 Å². The summed E-state index contributed by atoms with van der Waals surface area (Å²) in [6.45, 7) is 0. The number of hydrogen-bond acceptors (Lipinski definition) is 3. The van der Waals surface area contributed by atoms with Crippen molar-refractivity contribution in [2.75, 3.05) is 5.32 Å². The Kier molecular flexibility index (Phi) is 6.35. The first kappa shape index (κ1) is 21.4. The molecule has 1 heterocycles. The van der Waals surface area contributed by atoms with Crippen molar-refractivity contribution in [1.29, 1.82) is 0 Å². The van der Waals surface area contributed by atoms with E-state index in [1.807, 2.05) is 36.4 Å². The number of carboxylic acids is 1. The minimum Gasteiger partial charge on any atom is -0.480 e. The van der Waals surface area contributed by atoms with Crippen LogP contribution in [0.3, 0.4) is 0 Å². The third-order valence-corrected chi connectivity index (χ3v) is 5.67. The molecule has 1 aliphatic rings. The van der Waals surface area contributed by atoms with E-state index in [1.54, 1.807) is 24.3 Å². The van der Waals surface area contributed by atoms with Crippen molar-refractivity contribution < 1.29 is 19.5 Å². The topological polar surface area (TPSA) is 111 Å². The van der Waals surface area contributed by atoms with Crippen LogP contribution in [-0.4, -0.2) is 33.9 Å². The fourth-order valence-corrected chi connectivity index (χ4v) is 3.99. The molecule has 1 atom stereocenters. The number of carboxylic acid groups (broad SMARTS) is 1. The third-order valence-electron chi connectivity index (χ3n) is 5.67. The Bertz CT molecular complexity index is 1110. The molecule has 0 aliphatic heterocycles. The fraction of sp³-hybridized carbons (Fsp3) is 0.240. The number of nitrogens with one attached hydrogen (secondary N) is 3. The normalized spacial score (nSPS) is 13.6. The zero-order chi connectivity index (χ0) is 22.5. The third kappa shape index (κ3) is 4.88. The average molecular weight is 431 g/mol. The number of anilines is 1. The van der Waals surface area contributed by atoms with Crippen molar-refractivity contribution >= 4 is 23.5 Å². The predicted molar refractivity (Wildman–Crippen MR) is 121 cm³/mol. The second kappa shape index (κ2) is 9.51. The summed E-state index contributed by atoms with van der Waals surface area (Å²) in [6.07, 6.45) is 4.26. The maximum absolute atomic E-state index is 12.9. The molecule has 3 aromatic rings. The van der Waals surface area contributed by atoms with Crippen molar-refractivity contribution in [1.82, 2.24) is 10.3 Å². The number of rotatable bonds is 7. The molecule has 0 fully saturated rings. The number of H-pyrrole nitrogens is 1. The van der Waals surface area contributed by atoms with Crippen LogP contribution in [-0.2, 0) is 24.1 Å². The van der Waals surface area contributed by atoms with Gasteiger partial charge in [0.1, 0.15) is 11.7 Å². The van der Waals surface area contributed by atoms with E-state index in [2.05, 4.69) is 15.6 Å². The molecule has 1 unspecified atom stereocenters. The second-order valence-corrected chi connectivity index (χ2v) is 7.95. The van der Waals surface area contributed by atoms with Crippen LogP contribution >= 0.6 is 0 Å². The molecule has 7 nitrogen and oxygen atoms in total. The van der Waals surface area contributed by atoms with Gasteiger partial charge in [-0.15, -0.1) is 0 Å². The summed E-state index contributed by atoms with van der Waals surface area (Å²) in [7, 11) is 0. The molecule has 4 N–H and O–H groups in total. The van der Waals surface area contributed by atoms with Crippen LogP contribution < -0.4 is 10.6 Å². The summed E-state index contributed by atoms with van der Waals surface area (Å²) in [6, 6.07) is 16.5. The van der Waals surface area contributed by atoms with E-state index in [9.17, 15) is 19.5 Å². The van der Waals surface area contributed by atoms with Crippen LogP contribution in [0.2, 0.25) is 0 Å². The van der Waals surface area contributed by atoms with E-state index < -0.39 is 17.9 Å². The summed E-state index contributed by atoms with van der Waals surface area (Å²) in [5.41, 5.74) is 4.05. The van der Waals surface area contributed by atoms with Gasteiger partial charge in [-0.3, -0.25) is 9.59 Å². The van der Waals surface area contributed by atoms with Crippen LogP contribution in [0.25, 0.3) is 0 Å². The lowest BCUT2D eigenvalue weighted by molar-refractivity contribution is -0.139. The number of fused-ring (bicyclic) bond motifs is 1. The number of carbonyl (C=O) groups is 3. The molecular formula is C25H25N3O4. The molecule has 4 rings (SSSR count). The number of amides is 2. The smallest absolute Gasteiger partial charge is 0.326 e. The number of carbonyl (C=O) groups excluding carboxylic acids is 2. The zero-order valence-electron chi connectivity index (χ0n) is 17.6. The van der Waals surface area contributed by atoms with E-state index in [4.69, 9.17) is 0 Å². The van der Waals surface area contributed by atoms with Gasteiger partial charge in [0, 0.05) is 12.1 Å². The molecular weight excluding hydrogens is 406 g/mol. The van der Waals surface area contributed by atoms with E-state index in [1.165, 1.54) is 0 Å². The number of benzene rings is 2. The van der Waals surface area contributed by atoms with Gasteiger partial charge in [0.2, 0.25) is 0 Å². The van der Waals surface area contributed by atoms with Crippen molar-refractivity contribution in [2.24, 2.45) is 0 Å². The van der Waals surface area contributed by atoms with E-state index in [-0.39, 0.29) is 17.9 Å². The summed E-state index contributed by atoms with van der Waals surface area (Å²) in [5.74, 6) is -2.02. The van der Waals surface area contributed by atoms with Gasteiger partial charge in [-0.1, -0.05) is 42.5 Å². The molecule has 0 bridgehead atoms. The van der Waals surface area contributed by atoms with Gasteiger partial charge < -0.3 is 20.7 Å². The molecule has 0 radical (unpaired) electrons. The van der Waals surface area contributed by atoms with Crippen molar-refractivity contribution in [3.63, 3.8) is 0 Å². The Hall–Kier alpha value is -3.87. The molecule has 0 saturated heterocycles. The number of aryl methyl sites for hydroxylation is 2. The average Bonchev–Trinajstić information content (AvgIpc) is 3.24. The molecule has 1 aliphatic carbocycles. The zero-order valence-corrected chi connectivity index (χ0v) is 17.6. The number of aromatic amines is 1. The van der Waals surface area contributed by atoms with Crippen LogP contribution in [0.15, 0.2) is 60.7 Å². The molecule has 32 heavy (non-hydrogen) atoms. The Labute approximate surface area is 185 Å². The Morgan fingerprint density at radius 3 is 2.41 bits per heavy atom. The lowest BCUT2D eigenvalue weighted by Crippen LogP contribution is -2.42. The molecule has 2 amide bonds. The van der Waals surface area contributed by atoms with Gasteiger partial charge in [-0.2, -0.15) is 0 Å². The maximum atomic E-state index is 12.9. The number of aromatic nitrogens is 1. The van der Waals surface area contributed by atoms with Gasteiger partial charge in [-0.05, 0) is 55.0 Å². The highest BCUT2D eigenvalue weighted by Crippen LogP contribution is 2.23. The molecule has 0 saturated carbocycles. The van der Waals surface area contributed by atoms with Gasteiger partial charge in [0.05, 0.1) is 11.3 Å². The summed E-state index contributed by atoms with van der Waals surface area (Å²) in [5, 5.41) is 15.0. The van der Waals surface area contributed by atoms with Gasteiger partial charge in [-0.25, -0.2) is 4.79 Å². The first-order valence-corrected chi connectivity index (χ1v) is 10.7. The summed E-state index contributed by atoms with van der Waals surface area (Å²) < 4.78 is 0. The maximum Gasteiger partial charge on any atom is 0.326 e. The highest BCUT2D eigenvalue weighted by atomic mass is 16.4. The Morgan fingerprint density at radius 1 is 0.938 bits per heavy atom. The number of para-hydroxylation sites is 1.